The predicted molar refractivity (Wildman–Crippen MR) is 52.3 cm³/mol. The van der Waals surface area contributed by atoms with E-state index in [0.29, 0.717) is 0 Å². The maximum atomic E-state index is 10.3. The van der Waals surface area contributed by atoms with Gasteiger partial charge in [-0.1, -0.05) is 0 Å². The Morgan fingerprint density at radius 2 is 0.810 bits per heavy atom. The monoisotopic (exact) mass is 468 g/mol. The Hall–Kier alpha value is -1.67. The quantitative estimate of drug-likeness (QED) is 0.313. The fourth-order valence-corrected chi connectivity index (χ4v) is 0.272. The average molecular weight is 468 g/mol. The van der Waals surface area contributed by atoms with E-state index in [-0.39, 0.29) is 21.1 Å². The second kappa shape index (κ2) is 79.3. The van der Waals surface area contributed by atoms with Crippen molar-refractivity contribution < 1.29 is 63.4 Å². The third-order valence-electron chi connectivity index (χ3n) is 0.758. The normalized spacial score (nSPS) is 4.57. The number of carbonyl (C=O) groups is 2. The van der Waals surface area contributed by atoms with Gasteiger partial charge in [-0.3, -0.25) is 9.59 Å². The Balaban J connectivity index is -0.0000000303. The molecule has 2 radical (unpaired) electrons. The fraction of sp³-hybridized carbons (Fsp3) is 0.182. The summed E-state index contributed by atoms with van der Waals surface area (Å²) in [5.41, 5.74) is 0. The molecule has 21 heavy (non-hydrogen) atoms. The molecule has 0 aromatic carbocycles. The molecule has 0 aliphatic heterocycles. The van der Waals surface area contributed by atoms with Gasteiger partial charge in [0.25, 0.3) is 0 Å². The van der Waals surface area contributed by atoms with E-state index in [1.165, 1.54) is 14.2 Å². The van der Waals surface area contributed by atoms with Crippen molar-refractivity contribution >= 4 is 11.9 Å². The van der Waals surface area contributed by atoms with Crippen molar-refractivity contribution in [3.05, 3.63) is 46.1 Å². The Labute approximate surface area is 136 Å². The van der Waals surface area contributed by atoms with Crippen LogP contribution < -0.4 is 0 Å². The summed E-state index contributed by atoms with van der Waals surface area (Å²) in [4.78, 5) is 20.6. The third-order valence-corrected chi connectivity index (χ3v) is 0.758. The van der Waals surface area contributed by atoms with Crippen LogP contribution in [0.15, 0.2) is 0 Å². The second-order valence-corrected chi connectivity index (χ2v) is 1.38. The van der Waals surface area contributed by atoms with E-state index in [1.54, 1.807) is 0 Å². The van der Waals surface area contributed by atoms with Crippen molar-refractivity contribution in [2.75, 3.05) is 14.2 Å². The Bertz CT molecular complexity index is 250. The third kappa shape index (κ3) is 91.0. The van der Waals surface area contributed by atoms with Crippen molar-refractivity contribution in [3.8, 4) is 0 Å². The molecule has 0 saturated carbocycles. The van der Waals surface area contributed by atoms with E-state index in [0.717, 1.165) is 12.8 Å². The van der Waals surface area contributed by atoms with Gasteiger partial charge in [0.1, 0.15) is 0 Å². The molecule has 0 aliphatic rings. The minimum Gasteiger partial charge on any atom is 0 e. The SMILES string of the molecule is COC(=O)[CH][CH]C(=O)OC.[C-]#[O+].[C-]#[O+].[C-]#[O+].[C-]#[O+].[C-]#[O+].[W]. The van der Waals surface area contributed by atoms with Gasteiger partial charge in [-0.05, 0) is 0 Å². The molecule has 0 heterocycles. The van der Waals surface area contributed by atoms with Crippen LogP contribution in [0.25, 0.3) is 0 Å². The number of hydrogen-bond acceptors (Lipinski definition) is 4. The Kier molecular flexibility index (Phi) is 161. The fourth-order valence-electron chi connectivity index (χ4n) is 0.272. The van der Waals surface area contributed by atoms with Crippen LogP contribution in [0.4, 0.5) is 0 Å². The minimum atomic E-state index is -0.578. The summed E-state index contributed by atoms with van der Waals surface area (Å²) in [6, 6.07) is 0. The number of esters is 2. The first-order chi connectivity index (χ1) is 9.70. The van der Waals surface area contributed by atoms with Crippen molar-refractivity contribution in [1.82, 2.24) is 0 Å². The summed E-state index contributed by atoms with van der Waals surface area (Å²) in [6.45, 7) is 22.5. The van der Waals surface area contributed by atoms with Gasteiger partial charge in [0, 0.05) is 21.1 Å². The first-order valence-electron chi connectivity index (χ1n) is 3.56. The summed E-state index contributed by atoms with van der Waals surface area (Å²) in [5, 5.41) is 0. The number of ether oxygens (including phenoxy) is 2. The molecule has 0 aliphatic carbocycles. The molecule has 0 aromatic heterocycles. The minimum absolute atomic E-state index is 0. The topological polar surface area (TPSA) is 152 Å². The molecule has 0 N–H and O–H groups in total. The number of rotatable bonds is 3. The van der Waals surface area contributed by atoms with E-state index in [9.17, 15) is 9.59 Å². The Morgan fingerprint density at radius 3 is 0.905 bits per heavy atom. The summed E-state index contributed by atoms with van der Waals surface area (Å²) in [5.74, 6) is -1.16. The molecule has 0 saturated heterocycles. The van der Waals surface area contributed by atoms with Crippen LogP contribution in [0.2, 0.25) is 0 Å². The molecular formula is C11H8O9W. The van der Waals surface area contributed by atoms with Gasteiger partial charge in [0.15, 0.2) is 0 Å². The largest absolute Gasteiger partial charge is 0 e. The molecule has 10 heteroatoms. The smallest absolute Gasteiger partial charge is 0 e. The van der Waals surface area contributed by atoms with Crippen molar-refractivity contribution in [1.29, 1.82) is 0 Å². The van der Waals surface area contributed by atoms with Gasteiger partial charge in [-0.2, -0.15) is 0 Å². The van der Waals surface area contributed by atoms with Crippen LogP contribution in [-0.2, 0) is 63.4 Å². The average Bonchev–Trinajstić information content (AvgIpc) is 2.61. The number of carbonyl (C=O) groups excluding carboxylic acids is 2. The first kappa shape index (κ1) is 42.7. The standard InChI is InChI=1S/C6H8O4.5CO.W/c1-9-5(7)3-4-6(8)10-2;5*1-2;/h3-4H,1-2H3;;;;;;. The second-order valence-electron chi connectivity index (χ2n) is 1.38. The van der Waals surface area contributed by atoms with Crippen molar-refractivity contribution in [3.63, 3.8) is 0 Å². The predicted octanol–water partition coefficient (Wildman–Crippen LogP) is -0.449. The summed E-state index contributed by atoms with van der Waals surface area (Å²) >= 11 is 0. The van der Waals surface area contributed by atoms with Gasteiger partial charge in [-0.25, -0.2) is 0 Å². The van der Waals surface area contributed by atoms with E-state index in [1.807, 2.05) is 0 Å². The van der Waals surface area contributed by atoms with E-state index in [2.05, 4.69) is 42.7 Å². The van der Waals surface area contributed by atoms with Crippen LogP contribution in [0.3, 0.4) is 0 Å². The first-order valence-corrected chi connectivity index (χ1v) is 3.56. The van der Waals surface area contributed by atoms with Crippen LogP contribution in [0, 0.1) is 46.1 Å². The van der Waals surface area contributed by atoms with Crippen molar-refractivity contribution in [2.24, 2.45) is 0 Å². The van der Waals surface area contributed by atoms with Crippen LogP contribution in [0.1, 0.15) is 0 Å². The molecule has 0 rings (SSSR count). The molecule has 9 nitrogen and oxygen atoms in total. The van der Waals surface area contributed by atoms with Gasteiger partial charge < -0.3 is 9.47 Å². The van der Waals surface area contributed by atoms with Crippen LogP contribution in [-0.4, -0.2) is 26.2 Å². The van der Waals surface area contributed by atoms with E-state index >= 15 is 0 Å². The summed E-state index contributed by atoms with van der Waals surface area (Å²) in [7, 11) is 2.45. The molecule has 0 amide bonds. The van der Waals surface area contributed by atoms with Gasteiger partial charge >= 0.3 is 68.5 Å². The summed E-state index contributed by atoms with van der Waals surface area (Å²) in [6.07, 6.45) is 1.98. The molecule has 0 aromatic rings. The van der Waals surface area contributed by atoms with E-state index in [4.69, 9.17) is 23.3 Å². The zero-order valence-corrected chi connectivity index (χ0v) is 13.7. The van der Waals surface area contributed by atoms with Gasteiger partial charge in [0.2, 0.25) is 0 Å². The zero-order chi connectivity index (χ0) is 18.0. The molecule has 0 unspecified atom stereocenters. The maximum Gasteiger partial charge on any atom is 0 e. The van der Waals surface area contributed by atoms with Crippen LogP contribution >= 0.6 is 0 Å². The zero-order valence-electron chi connectivity index (χ0n) is 10.7. The number of methoxy groups -OCH3 is 2. The molecule has 0 bridgehead atoms. The van der Waals surface area contributed by atoms with Gasteiger partial charge in [0.05, 0.1) is 27.1 Å². The molecule has 112 valence electrons. The van der Waals surface area contributed by atoms with Crippen LogP contribution in [0.5, 0.6) is 0 Å². The number of hydrogen-bond donors (Lipinski definition) is 0. The molecule has 0 spiro atoms. The molecule has 0 fully saturated rings. The van der Waals surface area contributed by atoms with Crippen molar-refractivity contribution in [2.45, 2.75) is 0 Å². The Morgan fingerprint density at radius 1 is 0.667 bits per heavy atom. The molecular weight excluding hydrogens is 460 g/mol. The van der Waals surface area contributed by atoms with E-state index < -0.39 is 11.9 Å². The summed E-state index contributed by atoms with van der Waals surface area (Å²) < 4.78 is 45.9. The van der Waals surface area contributed by atoms with Gasteiger partial charge in [-0.15, -0.1) is 0 Å². The maximum absolute atomic E-state index is 10.3. The molecule has 0 atom stereocenters.